The number of hydrogen-bond acceptors (Lipinski definition) is 6. The third kappa shape index (κ3) is 4.13. The van der Waals surface area contributed by atoms with Crippen molar-refractivity contribution in [3.05, 3.63) is 52.6 Å². The minimum absolute atomic E-state index is 0.0420. The molecule has 0 aliphatic carbocycles. The monoisotopic (exact) mass is 319 g/mol. The highest BCUT2D eigenvalue weighted by molar-refractivity contribution is 7.98. The fourth-order valence-corrected chi connectivity index (χ4v) is 2.14. The number of benzene rings is 2. The van der Waals surface area contributed by atoms with Crippen LogP contribution in [0.1, 0.15) is 6.92 Å². The van der Waals surface area contributed by atoms with Gasteiger partial charge in [0.25, 0.3) is 5.69 Å². The number of hydrogen-bond donors (Lipinski definition) is 2. The van der Waals surface area contributed by atoms with E-state index in [1.165, 1.54) is 37.1 Å². The summed E-state index contributed by atoms with van der Waals surface area (Å²) in [7, 11) is 0. The molecular formula is C14H13N3O4S. The van der Waals surface area contributed by atoms with E-state index < -0.39 is 4.92 Å². The molecule has 2 aromatic rings. The van der Waals surface area contributed by atoms with Crippen molar-refractivity contribution in [3.63, 3.8) is 0 Å². The molecule has 0 spiro atoms. The van der Waals surface area contributed by atoms with Gasteiger partial charge in [-0.15, -0.1) is 0 Å². The minimum Gasteiger partial charge on any atom is -0.457 e. The van der Waals surface area contributed by atoms with Gasteiger partial charge >= 0.3 is 0 Å². The molecule has 0 radical (unpaired) electrons. The number of anilines is 1. The van der Waals surface area contributed by atoms with E-state index in [1.54, 1.807) is 24.3 Å². The number of nitrogens with two attached hydrogens (primary N) is 1. The Bertz CT molecular complexity index is 704. The molecule has 0 unspecified atom stereocenters. The molecule has 114 valence electrons. The first kappa shape index (κ1) is 15.6. The summed E-state index contributed by atoms with van der Waals surface area (Å²) in [6.07, 6.45) is 0. The first-order valence-corrected chi connectivity index (χ1v) is 7.02. The molecule has 2 rings (SSSR count). The van der Waals surface area contributed by atoms with Crippen molar-refractivity contribution in [2.24, 2.45) is 0 Å². The zero-order valence-electron chi connectivity index (χ0n) is 11.6. The Labute approximate surface area is 130 Å². The first-order valence-electron chi connectivity index (χ1n) is 6.21. The molecule has 0 saturated carbocycles. The summed E-state index contributed by atoms with van der Waals surface area (Å²) < 4.78 is 8.19. The van der Waals surface area contributed by atoms with Crippen LogP contribution in [-0.4, -0.2) is 10.8 Å². The minimum atomic E-state index is -0.548. The zero-order valence-corrected chi connectivity index (χ0v) is 12.4. The van der Waals surface area contributed by atoms with Crippen molar-refractivity contribution in [1.82, 2.24) is 4.72 Å². The lowest BCUT2D eigenvalue weighted by Crippen LogP contribution is -2.09. The average molecular weight is 319 g/mol. The fraction of sp³-hybridized carbons (Fsp3) is 0.0714. The van der Waals surface area contributed by atoms with E-state index in [9.17, 15) is 14.9 Å². The largest absolute Gasteiger partial charge is 0.457 e. The summed E-state index contributed by atoms with van der Waals surface area (Å²) in [6, 6.07) is 11.2. The maximum absolute atomic E-state index is 10.8. The number of nitrogens with zero attached hydrogens (tertiary/aromatic N) is 1. The van der Waals surface area contributed by atoms with Crippen molar-refractivity contribution < 1.29 is 14.5 Å². The third-order valence-electron chi connectivity index (χ3n) is 2.57. The lowest BCUT2D eigenvalue weighted by Gasteiger charge is -2.07. The highest BCUT2D eigenvalue weighted by Crippen LogP contribution is 2.30. The Kier molecular flexibility index (Phi) is 4.84. The second-order valence-electron chi connectivity index (χ2n) is 4.31. The molecular weight excluding hydrogens is 306 g/mol. The molecule has 2 aromatic carbocycles. The summed E-state index contributed by atoms with van der Waals surface area (Å²) in [5, 5.41) is 10.7. The second kappa shape index (κ2) is 6.81. The van der Waals surface area contributed by atoms with Crippen LogP contribution >= 0.6 is 11.9 Å². The van der Waals surface area contributed by atoms with Gasteiger partial charge in [0.05, 0.1) is 4.92 Å². The van der Waals surface area contributed by atoms with E-state index >= 15 is 0 Å². The van der Waals surface area contributed by atoms with Crippen molar-refractivity contribution in [3.8, 4) is 11.5 Å². The van der Waals surface area contributed by atoms with Gasteiger partial charge < -0.3 is 10.5 Å². The Balaban J connectivity index is 2.06. The number of nitro benzene ring substituents is 1. The first-order chi connectivity index (χ1) is 10.5. The molecule has 0 saturated heterocycles. The normalized spacial score (nSPS) is 10.0. The molecule has 22 heavy (non-hydrogen) atoms. The van der Waals surface area contributed by atoms with Crippen LogP contribution in [0.15, 0.2) is 47.4 Å². The topological polar surface area (TPSA) is 107 Å². The van der Waals surface area contributed by atoms with Crippen LogP contribution in [-0.2, 0) is 4.79 Å². The predicted molar refractivity (Wildman–Crippen MR) is 83.7 cm³/mol. The van der Waals surface area contributed by atoms with Gasteiger partial charge in [-0.25, -0.2) is 0 Å². The molecule has 7 nitrogen and oxygen atoms in total. The zero-order chi connectivity index (χ0) is 16.1. The van der Waals surface area contributed by atoms with Crippen molar-refractivity contribution in [2.45, 2.75) is 11.8 Å². The Morgan fingerprint density at radius 1 is 1.23 bits per heavy atom. The highest BCUT2D eigenvalue weighted by Gasteiger charge is 2.11. The smallest absolute Gasteiger partial charge is 0.292 e. The van der Waals surface area contributed by atoms with Crippen LogP contribution in [0.25, 0.3) is 0 Å². The van der Waals surface area contributed by atoms with Gasteiger partial charge in [0.2, 0.25) is 5.91 Å². The van der Waals surface area contributed by atoms with Crippen molar-refractivity contribution >= 4 is 29.2 Å². The summed E-state index contributed by atoms with van der Waals surface area (Å²) in [6.45, 7) is 1.43. The SMILES string of the molecule is CC(=O)NSc1ccc(Oc2ccc([N+](=O)[O-])c(N)c2)cc1. The Morgan fingerprint density at radius 3 is 2.41 bits per heavy atom. The second-order valence-corrected chi connectivity index (χ2v) is 5.19. The van der Waals surface area contributed by atoms with E-state index in [1.807, 2.05) is 0 Å². The molecule has 0 atom stereocenters. The van der Waals surface area contributed by atoms with Crippen molar-refractivity contribution in [2.75, 3.05) is 5.73 Å². The van der Waals surface area contributed by atoms with Crippen LogP contribution in [0.5, 0.6) is 11.5 Å². The van der Waals surface area contributed by atoms with E-state index in [0.717, 1.165) is 4.90 Å². The van der Waals surface area contributed by atoms with Crippen molar-refractivity contribution in [1.29, 1.82) is 0 Å². The number of rotatable bonds is 5. The predicted octanol–water partition coefficient (Wildman–Crippen LogP) is 3.11. The molecule has 8 heteroatoms. The van der Waals surface area contributed by atoms with Crippen LogP contribution < -0.4 is 15.2 Å². The Hall–Kier alpha value is -2.74. The number of nitrogen functional groups attached to an aromatic ring is 1. The van der Waals surface area contributed by atoms with Gasteiger partial charge in [-0.2, -0.15) is 0 Å². The molecule has 0 heterocycles. The summed E-state index contributed by atoms with van der Waals surface area (Å²) in [5.41, 5.74) is 5.49. The van der Waals surface area contributed by atoms with E-state index in [0.29, 0.717) is 11.5 Å². The van der Waals surface area contributed by atoms with E-state index in [-0.39, 0.29) is 17.3 Å². The summed E-state index contributed by atoms with van der Waals surface area (Å²) in [5.74, 6) is 0.831. The van der Waals surface area contributed by atoms with Gasteiger partial charge in [-0.05, 0) is 42.3 Å². The van der Waals surface area contributed by atoms with Gasteiger partial charge in [-0.1, -0.05) is 0 Å². The number of nitrogens with one attached hydrogen (secondary N) is 1. The standard InChI is InChI=1S/C14H13N3O4S/c1-9(18)16-22-12-5-2-10(3-6-12)21-11-4-7-14(17(19)20)13(15)8-11/h2-8H,15H2,1H3,(H,16,18). The van der Waals surface area contributed by atoms with E-state index in [4.69, 9.17) is 10.5 Å². The van der Waals surface area contributed by atoms with Crippen LogP contribution in [0.4, 0.5) is 11.4 Å². The molecule has 0 fully saturated rings. The number of nitro groups is 1. The molecule has 0 aliphatic rings. The molecule has 0 bridgehead atoms. The lowest BCUT2D eigenvalue weighted by atomic mass is 10.2. The highest BCUT2D eigenvalue weighted by atomic mass is 32.2. The number of carbonyl (C=O) groups is 1. The van der Waals surface area contributed by atoms with Crippen LogP contribution in [0.3, 0.4) is 0 Å². The number of amides is 1. The molecule has 0 aliphatic heterocycles. The van der Waals surface area contributed by atoms with Crippen LogP contribution in [0, 0.1) is 10.1 Å². The number of ether oxygens (including phenoxy) is 1. The van der Waals surface area contributed by atoms with Gasteiger partial charge in [0.15, 0.2) is 0 Å². The summed E-state index contributed by atoms with van der Waals surface area (Å²) in [4.78, 5) is 21.8. The molecule has 1 amide bonds. The van der Waals surface area contributed by atoms with Gasteiger partial charge in [-0.3, -0.25) is 19.6 Å². The third-order valence-corrected chi connectivity index (χ3v) is 3.47. The average Bonchev–Trinajstić information content (AvgIpc) is 2.46. The van der Waals surface area contributed by atoms with Gasteiger partial charge in [0, 0.05) is 24.0 Å². The molecule has 3 N–H and O–H groups in total. The Morgan fingerprint density at radius 2 is 1.86 bits per heavy atom. The fourth-order valence-electron chi connectivity index (χ4n) is 1.60. The maximum atomic E-state index is 10.8. The number of carbonyl (C=O) groups excluding carboxylic acids is 1. The maximum Gasteiger partial charge on any atom is 0.292 e. The van der Waals surface area contributed by atoms with Crippen LogP contribution in [0.2, 0.25) is 0 Å². The molecule has 0 aromatic heterocycles. The lowest BCUT2D eigenvalue weighted by molar-refractivity contribution is -0.383. The van der Waals surface area contributed by atoms with Gasteiger partial charge in [0.1, 0.15) is 17.2 Å². The van der Waals surface area contributed by atoms with E-state index in [2.05, 4.69) is 4.72 Å². The quantitative estimate of drug-likeness (QED) is 0.379. The summed E-state index contributed by atoms with van der Waals surface area (Å²) >= 11 is 1.20.